The first-order valence-corrected chi connectivity index (χ1v) is 6.44. The van der Waals surface area contributed by atoms with E-state index in [-0.39, 0.29) is 5.91 Å². The molecule has 0 saturated carbocycles. The summed E-state index contributed by atoms with van der Waals surface area (Å²) in [4.78, 5) is 22.3. The van der Waals surface area contributed by atoms with Crippen molar-refractivity contribution in [3.8, 4) is 0 Å². The minimum atomic E-state index is -1.01. The van der Waals surface area contributed by atoms with Gasteiger partial charge in [-0.25, -0.2) is 4.79 Å². The first kappa shape index (κ1) is 13.0. The van der Waals surface area contributed by atoms with E-state index >= 15 is 0 Å². The molecular weight excluding hydrogens is 262 g/mol. The van der Waals surface area contributed by atoms with E-state index in [2.05, 4.69) is 5.32 Å². The minimum absolute atomic E-state index is 0.180. The Kier molecular flexibility index (Phi) is 4.10. The third kappa shape index (κ3) is 3.79. The van der Waals surface area contributed by atoms with Gasteiger partial charge < -0.3 is 10.4 Å². The molecule has 96 valence electrons. The Morgan fingerprint density at radius 3 is 2.79 bits per heavy atom. The number of hydrogen-bond acceptors (Lipinski definition) is 3. The lowest BCUT2D eigenvalue weighted by atomic mass is 10.2. The smallest absolute Gasteiger partial charge is 0.328 e. The summed E-state index contributed by atoms with van der Waals surface area (Å²) < 4.78 is 0. The second kappa shape index (κ2) is 5.97. The van der Waals surface area contributed by atoms with Gasteiger partial charge in [0, 0.05) is 17.1 Å². The zero-order valence-electron chi connectivity index (χ0n) is 9.87. The lowest BCUT2D eigenvalue weighted by Gasteiger charge is -2.04. The van der Waals surface area contributed by atoms with Crippen LogP contribution in [0.15, 0.2) is 47.2 Å². The van der Waals surface area contributed by atoms with Crippen LogP contribution in [0, 0.1) is 0 Å². The highest BCUT2D eigenvalue weighted by molar-refractivity contribution is 7.08. The molecule has 0 aliphatic heterocycles. The van der Waals surface area contributed by atoms with Gasteiger partial charge in [0.05, 0.1) is 5.56 Å². The molecule has 0 radical (unpaired) electrons. The number of hydrogen-bond donors (Lipinski definition) is 2. The number of benzene rings is 1. The largest absolute Gasteiger partial charge is 0.478 e. The van der Waals surface area contributed by atoms with Crippen molar-refractivity contribution in [1.29, 1.82) is 0 Å². The summed E-state index contributed by atoms with van der Waals surface area (Å²) in [6.45, 7) is 0. The first-order valence-electron chi connectivity index (χ1n) is 5.50. The van der Waals surface area contributed by atoms with Crippen molar-refractivity contribution in [1.82, 2.24) is 0 Å². The van der Waals surface area contributed by atoms with Crippen LogP contribution < -0.4 is 5.32 Å². The average Bonchev–Trinajstić information content (AvgIpc) is 2.91. The Balaban J connectivity index is 2.11. The van der Waals surface area contributed by atoms with Gasteiger partial charge in [-0.2, -0.15) is 11.3 Å². The van der Waals surface area contributed by atoms with Crippen molar-refractivity contribution < 1.29 is 14.7 Å². The monoisotopic (exact) mass is 273 g/mol. The van der Waals surface area contributed by atoms with Crippen molar-refractivity contribution in [2.75, 3.05) is 5.32 Å². The highest BCUT2D eigenvalue weighted by atomic mass is 32.1. The fourth-order valence-electron chi connectivity index (χ4n) is 1.48. The number of carbonyl (C=O) groups is 2. The summed E-state index contributed by atoms with van der Waals surface area (Å²) in [7, 11) is 0. The minimum Gasteiger partial charge on any atom is -0.478 e. The zero-order valence-corrected chi connectivity index (χ0v) is 10.7. The van der Waals surface area contributed by atoms with Crippen molar-refractivity contribution >= 4 is 35.0 Å². The number of thiophene rings is 1. The Morgan fingerprint density at radius 1 is 1.26 bits per heavy atom. The number of aliphatic carboxylic acids is 1. The van der Waals surface area contributed by atoms with Gasteiger partial charge in [-0.1, -0.05) is 12.1 Å². The summed E-state index contributed by atoms with van der Waals surface area (Å²) in [6, 6.07) is 8.73. The SMILES string of the molecule is O=C(O)/C=C/c1cccc(NC(=O)c2ccsc2)c1. The van der Waals surface area contributed by atoms with E-state index in [1.165, 1.54) is 17.4 Å². The van der Waals surface area contributed by atoms with Crippen molar-refractivity contribution in [2.24, 2.45) is 0 Å². The second-order valence-corrected chi connectivity index (χ2v) is 4.54. The van der Waals surface area contributed by atoms with Gasteiger partial charge in [-0.15, -0.1) is 0 Å². The van der Waals surface area contributed by atoms with Crippen molar-refractivity contribution in [3.63, 3.8) is 0 Å². The highest BCUT2D eigenvalue weighted by Gasteiger charge is 2.05. The molecule has 4 nitrogen and oxygen atoms in total. The summed E-state index contributed by atoms with van der Waals surface area (Å²) in [6.07, 6.45) is 2.53. The number of rotatable bonds is 4. The number of carboxylic acid groups (broad SMARTS) is 1. The molecule has 2 N–H and O–H groups in total. The van der Waals surface area contributed by atoms with Gasteiger partial charge in [0.25, 0.3) is 5.91 Å². The van der Waals surface area contributed by atoms with Gasteiger partial charge in [0.15, 0.2) is 0 Å². The van der Waals surface area contributed by atoms with E-state index in [0.29, 0.717) is 16.8 Å². The average molecular weight is 273 g/mol. The Labute approximate surface area is 114 Å². The van der Waals surface area contributed by atoms with Crippen LogP contribution in [0.4, 0.5) is 5.69 Å². The van der Waals surface area contributed by atoms with Gasteiger partial charge in [-0.05, 0) is 35.2 Å². The van der Waals surface area contributed by atoms with Crippen LogP contribution in [-0.4, -0.2) is 17.0 Å². The van der Waals surface area contributed by atoms with Gasteiger partial charge in [0.1, 0.15) is 0 Å². The van der Waals surface area contributed by atoms with E-state index in [1.807, 2.05) is 5.38 Å². The molecule has 1 aromatic carbocycles. The number of carbonyl (C=O) groups excluding carboxylic acids is 1. The van der Waals surface area contributed by atoms with E-state index in [1.54, 1.807) is 35.7 Å². The topological polar surface area (TPSA) is 66.4 Å². The maximum absolute atomic E-state index is 11.8. The quantitative estimate of drug-likeness (QED) is 0.841. The molecule has 1 aromatic heterocycles. The maximum Gasteiger partial charge on any atom is 0.328 e. The first-order chi connectivity index (χ1) is 9.15. The molecule has 2 rings (SSSR count). The second-order valence-electron chi connectivity index (χ2n) is 3.76. The lowest BCUT2D eigenvalue weighted by Crippen LogP contribution is -2.10. The molecule has 0 aliphatic carbocycles. The molecule has 0 atom stereocenters. The fraction of sp³-hybridized carbons (Fsp3) is 0. The third-order valence-electron chi connectivity index (χ3n) is 2.35. The predicted octanol–water partition coefficient (Wildman–Crippen LogP) is 3.10. The highest BCUT2D eigenvalue weighted by Crippen LogP contribution is 2.14. The molecule has 0 aliphatic rings. The van der Waals surface area contributed by atoms with Gasteiger partial charge >= 0.3 is 5.97 Å². The van der Waals surface area contributed by atoms with Crippen LogP contribution in [0.1, 0.15) is 15.9 Å². The van der Waals surface area contributed by atoms with Gasteiger partial charge in [-0.3, -0.25) is 4.79 Å². The summed E-state index contributed by atoms with van der Waals surface area (Å²) >= 11 is 1.46. The molecule has 0 saturated heterocycles. The van der Waals surface area contributed by atoms with E-state index < -0.39 is 5.97 Å². The van der Waals surface area contributed by atoms with E-state index in [9.17, 15) is 9.59 Å². The standard InChI is InChI=1S/C14H11NO3S/c16-13(17)5-4-10-2-1-3-12(8-10)15-14(18)11-6-7-19-9-11/h1-9H,(H,15,18)(H,16,17)/b5-4+. The molecule has 1 amide bonds. The Bertz CT molecular complexity index is 617. The normalized spacial score (nSPS) is 10.5. The van der Waals surface area contributed by atoms with Crippen LogP contribution in [-0.2, 0) is 4.79 Å². The molecule has 1 heterocycles. The van der Waals surface area contributed by atoms with Crippen LogP contribution in [0.3, 0.4) is 0 Å². The molecule has 5 heteroatoms. The predicted molar refractivity (Wildman–Crippen MR) is 75.4 cm³/mol. The van der Waals surface area contributed by atoms with Crippen LogP contribution in [0.5, 0.6) is 0 Å². The molecular formula is C14H11NO3S. The zero-order chi connectivity index (χ0) is 13.7. The number of anilines is 1. The number of nitrogens with one attached hydrogen (secondary N) is 1. The molecule has 0 bridgehead atoms. The Morgan fingerprint density at radius 2 is 2.11 bits per heavy atom. The number of carboxylic acids is 1. The summed E-state index contributed by atoms with van der Waals surface area (Å²) in [5, 5.41) is 14.9. The van der Waals surface area contributed by atoms with Crippen LogP contribution in [0.25, 0.3) is 6.08 Å². The summed E-state index contributed by atoms with van der Waals surface area (Å²) in [5.74, 6) is -1.19. The van der Waals surface area contributed by atoms with Crippen molar-refractivity contribution in [3.05, 3.63) is 58.3 Å². The molecule has 2 aromatic rings. The van der Waals surface area contributed by atoms with E-state index in [4.69, 9.17) is 5.11 Å². The molecule has 0 spiro atoms. The molecule has 19 heavy (non-hydrogen) atoms. The van der Waals surface area contributed by atoms with Crippen molar-refractivity contribution in [2.45, 2.75) is 0 Å². The Hall–Kier alpha value is -2.40. The van der Waals surface area contributed by atoms with Crippen LogP contribution >= 0.6 is 11.3 Å². The molecule has 0 unspecified atom stereocenters. The van der Waals surface area contributed by atoms with E-state index in [0.717, 1.165) is 6.08 Å². The molecule has 0 fully saturated rings. The fourth-order valence-corrected chi connectivity index (χ4v) is 2.12. The third-order valence-corrected chi connectivity index (χ3v) is 3.03. The lowest BCUT2D eigenvalue weighted by molar-refractivity contribution is -0.131. The van der Waals surface area contributed by atoms with Gasteiger partial charge in [0.2, 0.25) is 0 Å². The summed E-state index contributed by atoms with van der Waals surface area (Å²) in [5.41, 5.74) is 1.95. The number of amides is 1. The van der Waals surface area contributed by atoms with Crippen LogP contribution in [0.2, 0.25) is 0 Å². The maximum atomic E-state index is 11.8.